The SMILES string of the molecule is CCOC(=O)c1c2ccc([N+](=O)[O-])ccc-2c(C=O)c1O. The van der Waals surface area contributed by atoms with Crippen LogP contribution in [0.25, 0.3) is 11.1 Å². The van der Waals surface area contributed by atoms with E-state index in [1.807, 2.05) is 0 Å². The van der Waals surface area contributed by atoms with Crippen molar-refractivity contribution in [3.63, 3.8) is 0 Å². The third-order valence-electron chi connectivity index (χ3n) is 2.99. The Labute approximate surface area is 119 Å². The molecule has 2 aliphatic rings. The second-order valence-electron chi connectivity index (χ2n) is 4.15. The van der Waals surface area contributed by atoms with Crippen LogP contribution in [0, 0.1) is 10.1 Å². The fourth-order valence-corrected chi connectivity index (χ4v) is 2.07. The molecule has 0 saturated carbocycles. The second-order valence-corrected chi connectivity index (χ2v) is 4.15. The fraction of sp³-hybridized carbons (Fsp3) is 0.143. The molecule has 0 aliphatic heterocycles. The Bertz CT molecular complexity index is 709. The van der Waals surface area contributed by atoms with E-state index in [2.05, 4.69) is 0 Å². The zero-order valence-corrected chi connectivity index (χ0v) is 11.0. The van der Waals surface area contributed by atoms with Gasteiger partial charge in [0.25, 0.3) is 5.69 Å². The Morgan fingerprint density at radius 3 is 2.48 bits per heavy atom. The molecule has 0 heterocycles. The van der Waals surface area contributed by atoms with Crippen molar-refractivity contribution in [3.05, 3.63) is 45.5 Å². The van der Waals surface area contributed by atoms with Crippen molar-refractivity contribution in [1.82, 2.24) is 0 Å². The maximum absolute atomic E-state index is 11.9. The average molecular weight is 289 g/mol. The summed E-state index contributed by atoms with van der Waals surface area (Å²) in [6.07, 6.45) is 0.395. The summed E-state index contributed by atoms with van der Waals surface area (Å²) >= 11 is 0. The van der Waals surface area contributed by atoms with Crippen LogP contribution >= 0.6 is 0 Å². The van der Waals surface area contributed by atoms with E-state index in [9.17, 15) is 24.8 Å². The highest BCUT2D eigenvalue weighted by atomic mass is 16.6. The van der Waals surface area contributed by atoms with Gasteiger partial charge in [0, 0.05) is 17.7 Å². The minimum Gasteiger partial charge on any atom is -0.506 e. The Hall–Kier alpha value is -2.96. The quantitative estimate of drug-likeness (QED) is 0.401. The van der Waals surface area contributed by atoms with Crippen LogP contribution < -0.4 is 0 Å². The number of hydrogen-bond acceptors (Lipinski definition) is 6. The number of carbonyl (C=O) groups excluding carboxylic acids is 2. The highest BCUT2D eigenvalue weighted by molar-refractivity contribution is 6.09. The van der Waals surface area contributed by atoms with Gasteiger partial charge in [0.05, 0.1) is 17.1 Å². The van der Waals surface area contributed by atoms with E-state index in [0.717, 1.165) is 0 Å². The zero-order chi connectivity index (χ0) is 15.6. The molecule has 1 N–H and O–H groups in total. The summed E-state index contributed by atoms with van der Waals surface area (Å²) in [7, 11) is 0. The van der Waals surface area contributed by atoms with Crippen LogP contribution in [0.15, 0.2) is 24.3 Å². The number of fused-ring (bicyclic) bond motifs is 1. The minimum absolute atomic E-state index is 0.0977. The highest BCUT2D eigenvalue weighted by Gasteiger charge is 2.28. The van der Waals surface area contributed by atoms with E-state index in [1.54, 1.807) is 6.92 Å². The lowest BCUT2D eigenvalue weighted by Crippen LogP contribution is -2.04. The molecule has 2 aliphatic carbocycles. The Morgan fingerprint density at radius 1 is 1.33 bits per heavy atom. The van der Waals surface area contributed by atoms with Crippen LogP contribution in [0.2, 0.25) is 0 Å². The summed E-state index contributed by atoms with van der Waals surface area (Å²) in [5.74, 6) is -1.27. The lowest BCUT2D eigenvalue weighted by molar-refractivity contribution is -0.384. The molecule has 0 unspecified atom stereocenters. The maximum atomic E-state index is 11.9. The molecule has 0 saturated heterocycles. The van der Waals surface area contributed by atoms with E-state index in [4.69, 9.17) is 4.74 Å². The monoisotopic (exact) mass is 289 g/mol. The number of hydrogen-bond donors (Lipinski definition) is 1. The van der Waals surface area contributed by atoms with Gasteiger partial charge >= 0.3 is 5.97 Å². The first kappa shape index (κ1) is 14.4. The molecule has 0 bridgehead atoms. The van der Waals surface area contributed by atoms with Crippen molar-refractivity contribution in [3.8, 4) is 16.9 Å². The predicted molar refractivity (Wildman–Crippen MR) is 72.7 cm³/mol. The molecule has 7 nitrogen and oxygen atoms in total. The van der Waals surface area contributed by atoms with Gasteiger partial charge in [0.15, 0.2) is 6.29 Å². The number of ether oxygens (including phenoxy) is 1. The van der Waals surface area contributed by atoms with Crippen LogP contribution in [0.1, 0.15) is 27.6 Å². The minimum atomic E-state index is -0.790. The van der Waals surface area contributed by atoms with Crippen molar-refractivity contribution in [2.24, 2.45) is 0 Å². The smallest absolute Gasteiger partial charge is 0.342 e. The molecule has 0 spiro atoms. The standard InChI is InChI=1S/C14H11NO6/c1-2-21-14(18)12-10-6-4-8(15(19)20)3-5-9(10)11(7-16)13(12)17/h3-7,17H,2H2,1H3. The van der Waals surface area contributed by atoms with E-state index in [-0.39, 0.29) is 34.5 Å². The van der Waals surface area contributed by atoms with Crippen molar-refractivity contribution in [2.45, 2.75) is 6.92 Å². The summed E-state index contributed by atoms with van der Waals surface area (Å²) in [6, 6.07) is 5.02. The lowest BCUT2D eigenvalue weighted by Gasteiger charge is -2.01. The van der Waals surface area contributed by atoms with Gasteiger partial charge in [-0.15, -0.1) is 0 Å². The van der Waals surface area contributed by atoms with Crippen molar-refractivity contribution in [2.75, 3.05) is 6.61 Å². The largest absolute Gasteiger partial charge is 0.506 e. The molecule has 0 radical (unpaired) electrons. The molecule has 0 amide bonds. The summed E-state index contributed by atoms with van der Waals surface area (Å²) in [4.78, 5) is 33.2. The molecule has 0 aromatic heterocycles. The van der Waals surface area contributed by atoms with E-state index in [1.165, 1.54) is 24.3 Å². The van der Waals surface area contributed by atoms with Crippen LogP contribution in [0.5, 0.6) is 5.75 Å². The van der Waals surface area contributed by atoms with Gasteiger partial charge in [-0.05, 0) is 24.6 Å². The van der Waals surface area contributed by atoms with Gasteiger partial charge in [0.2, 0.25) is 0 Å². The van der Waals surface area contributed by atoms with Crippen LogP contribution in [-0.4, -0.2) is 28.9 Å². The molecule has 0 atom stereocenters. The van der Waals surface area contributed by atoms with E-state index < -0.39 is 16.6 Å². The molecular formula is C14H11NO6. The first-order valence-corrected chi connectivity index (χ1v) is 6.06. The van der Waals surface area contributed by atoms with Gasteiger partial charge in [-0.2, -0.15) is 0 Å². The summed E-state index contributed by atoms with van der Waals surface area (Å²) in [5, 5.41) is 20.8. The van der Waals surface area contributed by atoms with E-state index >= 15 is 0 Å². The molecule has 0 aromatic carbocycles. The maximum Gasteiger partial charge on any atom is 0.342 e. The molecule has 0 aromatic rings. The third-order valence-corrected chi connectivity index (χ3v) is 2.99. The number of nitrogens with zero attached hydrogens (tertiary/aromatic N) is 1. The normalized spacial score (nSPS) is 10.3. The van der Waals surface area contributed by atoms with Crippen molar-refractivity contribution in [1.29, 1.82) is 0 Å². The van der Waals surface area contributed by atoms with Gasteiger partial charge < -0.3 is 9.84 Å². The first-order chi connectivity index (χ1) is 10.0. The van der Waals surface area contributed by atoms with Crippen LogP contribution in [0.4, 0.5) is 5.69 Å². The molecule has 2 rings (SSSR count). The van der Waals surface area contributed by atoms with Gasteiger partial charge in [0.1, 0.15) is 11.3 Å². The number of esters is 1. The predicted octanol–water partition coefficient (Wildman–Crippen LogP) is 2.39. The number of aromatic hydroxyl groups is 1. The summed E-state index contributed by atoms with van der Waals surface area (Å²) < 4.78 is 4.83. The molecular weight excluding hydrogens is 278 g/mol. The fourth-order valence-electron chi connectivity index (χ4n) is 2.07. The third kappa shape index (κ3) is 2.40. The average Bonchev–Trinajstić information content (AvgIpc) is 2.58. The number of nitro groups is 1. The van der Waals surface area contributed by atoms with Gasteiger partial charge in [-0.1, -0.05) is 0 Å². The summed E-state index contributed by atoms with van der Waals surface area (Å²) in [5.41, 5.74) is 0.00940. The van der Waals surface area contributed by atoms with Crippen molar-refractivity contribution >= 4 is 17.9 Å². The molecule has 108 valence electrons. The number of aldehydes is 1. The summed E-state index contributed by atoms with van der Waals surface area (Å²) in [6.45, 7) is 1.70. The van der Waals surface area contributed by atoms with Gasteiger partial charge in [-0.25, -0.2) is 4.79 Å². The molecule has 7 heteroatoms. The zero-order valence-electron chi connectivity index (χ0n) is 11.0. The molecule has 21 heavy (non-hydrogen) atoms. The number of carbonyl (C=O) groups is 2. The Morgan fingerprint density at radius 2 is 1.95 bits per heavy atom. The van der Waals surface area contributed by atoms with Gasteiger partial charge in [-0.3, -0.25) is 14.9 Å². The molecule has 0 fully saturated rings. The van der Waals surface area contributed by atoms with Crippen LogP contribution in [0.3, 0.4) is 0 Å². The topological polar surface area (TPSA) is 107 Å². The van der Waals surface area contributed by atoms with E-state index in [0.29, 0.717) is 6.29 Å². The van der Waals surface area contributed by atoms with Crippen molar-refractivity contribution < 1.29 is 24.4 Å². The van der Waals surface area contributed by atoms with Crippen LogP contribution in [-0.2, 0) is 4.74 Å². The number of rotatable bonds is 4. The second kappa shape index (κ2) is 5.58. The Kier molecular flexibility index (Phi) is 3.84. The highest BCUT2D eigenvalue weighted by Crippen LogP contribution is 2.41. The Balaban J connectivity index is 2.75. The first-order valence-electron chi connectivity index (χ1n) is 6.06. The lowest BCUT2D eigenvalue weighted by atomic mass is 10.1.